The molecule has 0 fully saturated rings. The van der Waals surface area contributed by atoms with Crippen molar-refractivity contribution in [2.45, 2.75) is 13.1 Å². The fourth-order valence-corrected chi connectivity index (χ4v) is 2.74. The van der Waals surface area contributed by atoms with E-state index in [1.54, 1.807) is 24.3 Å². The SMILES string of the molecule is O=C(O)c1ccc2c(c1)CN(c1ccc(O)cc1Cl)C2. The van der Waals surface area contributed by atoms with Gasteiger partial charge in [0.25, 0.3) is 0 Å². The molecule has 0 bridgehead atoms. The van der Waals surface area contributed by atoms with Gasteiger partial charge in [-0.15, -0.1) is 0 Å². The molecule has 0 saturated heterocycles. The zero-order chi connectivity index (χ0) is 14.3. The van der Waals surface area contributed by atoms with E-state index in [0.717, 1.165) is 16.8 Å². The van der Waals surface area contributed by atoms with Crippen molar-refractivity contribution >= 4 is 23.3 Å². The quantitative estimate of drug-likeness (QED) is 0.891. The second kappa shape index (κ2) is 4.72. The van der Waals surface area contributed by atoms with Crippen LogP contribution in [-0.4, -0.2) is 16.2 Å². The highest BCUT2D eigenvalue weighted by atomic mass is 35.5. The maximum Gasteiger partial charge on any atom is 0.335 e. The van der Waals surface area contributed by atoms with Crippen molar-refractivity contribution in [3.8, 4) is 5.75 Å². The number of phenols is 1. The summed E-state index contributed by atoms with van der Waals surface area (Å²) >= 11 is 6.14. The van der Waals surface area contributed by atoms with Crippen LogP contribution in [0.3, 0.4) is 0 Å². The van der Waals surface area contributed by atoms with Crippen LogP contribution in [0.15, 0.2) is 36.4 Å². The third kappa shape index (κ3) is 2.18. The molecule has 2 aromatic carbocycles. The Hall–Kier alpha value is -2.20. The molecule has 2 aromatic rings. The van der Waals surface area contributed by atoms with Gasteiger partial charge in [0.05, 0.1) is 16.3 Å². The highest BCUT2D eigenvalue weighted by molar-refractivity contribution is 6.33. The number of anilines is 1. The van der Waals surface area contributed by atoms with E-state index in [0.29, 0.717) is 23.7 Å². The smallest absolute Gasteiger partial charge is 0.335 e. The first-order valence-electron chi connectivity index (χ1n) is 6.13. The van der Waals surface area contributed by atoms with Gasteiger partial charge in [-0.1, -0.05) is 17.7 Å². The monoisotopic (exact) mass is 289 g/mol. The molecule has 1 heterocycles. The van der Waals surface area contributed by atoms with Gasteiger partial charge in [-0.3, -0.25) is 0 Å². The van der Waals surface area contributed by atoms with Gasteiger partial charge >= 0.3 is 5.97 Å². The zero-order valence-electron chi connectivity index (χ0n) is 10.5. The van der Waals surface area contributed by atoms with Crippen molar-refractivity contribution in [3.63, 3.8) is 0 Å². The van der Waals surface area contributed by atoms with Gasteiger partial charge in [-0.05, 0) is 35.4 Å². The molecule has 1 aliphatic rings. The molecule has 0 atom stereocenters. The minimum Gasteiger partial charge on any atom is -0.508 e. The van der Waals surface area contributed by atoms with Crippen LogP contribution in [0.2, 0.25) is 5.02 Å². The van der Waals surface area contributed by atoms with Gasteiger partial charge in [0.15, 0.2) is 0 Å². The summed E-state index contributed by atoms with van der Waals surface area (Å²) in [5.74, 6) is -0.794. The molecule has 0 amide bonds. The lowest BCUT2D eigenvalue weighted by Gasteiger charge is -2.19. The van der Waals surface area contributed by atoms with E-state index in [1.807, 2.05) is 6.07 Å². The van der Waals surface area contributed by atoms with Gasteiger partial charge in [0.2, 0.25) is 0 Å². The summed E-state index contributed by atoms with van der Waals surface area (Å²) in [4.78, 5) is 13.0. The predicted molar refractivity (Wildman–Crippen MR) is 76.4 cm³/mol. The number of aromatic carboxylic acids is 1. The lowest BCUT2D eigenvalue weighted by Crippen LogP contribution is -2.14. The Labute approximate surface area is 120 Å². The highest BCUT2D eigenvalue weighted by Crippen LogP contribution is 2.35. The number of benzene rings is 2. The van der Waals surface area contributed by atoms with Gasteiger partial charge in [0.1, 0.15) is 5.75 Å². The lowest BCUT2D eigenvalue weighted by atomic mass is 10.1. The summed E-state index contributed by atoms with van der Waals surface area (Å²) in [5, 5.41) is 18.9. The van der Waals surface area contributed by atoms with E-state index in [9.17, 15) is 9.90 Å². The Morgan fingerprint density at radius 1 is 1.10 bits per heavy atom. The number of carboxylic acids is 1. The number of hydrogen-bond acceptors (Lipinski definition) is 3. The van der Waals surface area contributed by atoms with E-state index < -0.39 is 5.97 Å². The molecule has 5 heteroatoms. The molecule has 0 saturated carbocycles. The molecule has 1 aliphatic heterocycles. The van der Waals surface area contributed by atoms with Crippen molar-refractivity contribution in [2.75, 3.05) is 4.90 Å². The zero-order valence-corrected chi connectivity index (χ0v) is 11.3. The summed E-state index contributed by atoms with van der Waals surface area (Å²) in [6.07, 6.45) is 0. The maximum atomic E-state index is 11.0. The minimum atomic E-state index is -0.922. The molecule has 20 heavy (non-hydrogen) atoms. The summed E-state index contributed by atoms with van der Waals surface area (Å²) in [6, 6.07) is 10.0. The molecule has 0 radical (unpaired) electrons. The Morgan fingerprint density at radius 3 is 2.55 bits per heavy atom. The topological polar surface area (TPSA) is 60.8 Å². The molecule has 3 rings (SSSR count). The van der Waals surface area contributed by atoms with Gasteiger partial charge in [-0.2, -0.15) is 0 Å². The fourth-order valence-electron chi connectivity index (χ4n) is 2.45. The lowest BCUT2D eigenvalue weighted by molar-refractivity contribution is 0.0697. The predicted octanol–water partition coefficient (Wildman–Crippen LogP) is 3.26. The Bertz CT molecular complexity index is 700. The standard InChI is InChI=1S/C15H12ClNO3/c16-13-6-12(18)3-4-14(13)17-7-10-2-1-9(15(19)20)5-11(10)8-17/h1-6,18H,7-8H2,(H,19,20). The summed E-state index contributed by atoms with van der Waals surface area (Å²) in [7, 11) is 0. The first kappa shape index (κ1) is 12.8. The van der Waals surface area contributed by atoms with Crippen LogP contribution in [0.4, 0.5) is 5.69 Å². The molecule has 0 aromatic heterocycles. The Balaban J connectivity index is 1.92. The van der Waals surface area contributed by atoms with Crippen LogP contribution in [0, 0.1) is 0 Å². The van der Waals surface area contributed by atoms with Crippen molar-refractivity contribution < 1.29 is 15.0 Å². The average molecular weight is 290 g/mol. The number of halogens is 1. The molecule has 102 valence electrons. The Kier molecular flexibility index (Phi) is 3.03. The number of rotatable bonds is 2. The maximum absolute atomic E-state index is 11.0. The second-order valence-electron chi connectivity index (χ2n) is 4.78. The fraction of sp³-hybridized carbons (Fsp3) is 0.133. The summed E-state index contributed by atoms with van der Waals surface area (Å²) in [5.41, 5.74) is 3.22. The number of nitrogens with zero attached hydrogens (tertiary/aromatic N) is 1. The van der Waals surface area contributed by atoms with E-state index in [2.05, 4.69) is 4.90 Å². The molecule has 0 unspecified atom stereocenters. The van der Waals surface area contributed by atoms with Gasteiger partial charge < -0.3 is 15.1 Å². The molecular formula is C15H12ClNO3. The van der Waals surface area contributed by atoms with E-state index in [1.165, 1.54) is 6.07 Å². The third-order valence-corrected chi connectivity index (χ3v) is 3.75. The van der Waals surface area contributed by atoms with E-state index in [-0.39, 0.29) is 5.75 Å². The van der Waals surface area contributed by atoms with Crippen molar-refractivity contribution in [2.24, 2.45) is 0 Å². The van der Waals surface area contributed by atoms with Crippen molar-refractivity contribution in [1.29, 1.82) is 0 Å². The number of hydrogen-bond donors (Lipinski definition) is 2. The minimum absolute atomic E-state index is 0.128. The number of fused-ring (bicyclic) bond motifs is 1. The normalized spacial score (nSPS) is 13.3. The van der Waals surface area contributed by atoms with Crippen LogP contribution < -0.4 is 4.90 Å². The first-order chi connectivity index (χ1) is 9.54. The van der Waals surface area contributed by atoms with Crippen molar-refractivity contribution in [1.82, 2.24) is 0 Å². The Morgan fingerprint density at radius 2 is 1.85 bits per heavy atom. The number of carbonyl (C=O) groups is 1. The van der Waals surface area contributed by atoms with E-state index >= 15 is 0 Å². The largest absolute Gasteiger partial charge is 0.508 e. The number of aromatic hydroxyl groups is 1. The average Bonchev–Trinajstić information content (AvgIpc) is 2.80. The van der Waals surface area contributed by atoms with Crippen molar-refractivity contribution in [3.05, 3.63) is 58.1 Å². The van der Waals surface area contributed by atoms with Crippen LogP contribution in [0.25, 0.3) is 0 Å². The van der Waals surface area contributed by atoms with Crippen LogP contribution in [0.1, 0.15) is 21.5 Å². The molecular weight excluding hydrogens is 278 g/mol. The van der Waals surface area contributed by atoms with Gasteiger partial charge in [-0.25, -0.2) is 4.79 Å². The van der Waals surface area contributed by atoms with Crippen LogP contribution in [0.5, 0.6) is 5.75 Å². The second-order valence-corrected chi connectivity index (χ2v) is 5.19. The van der Waals surface area contributed by atoms with E-state index in [4.69, 9.17) is 16.7 Å². The molecule has 0 spiro atoms. The third-order valence-electron chi connectivity index (χ3n) is 3.45. The highest BCUT2D eigenvalue weighted by Gasteiger charge is 2.22. The first-order valence-corrected chi connectivity index (χ1v) is 6.51. The van der Waals surface area contributed by atoms with Gasteiger partial charge in [0, 0.05) is 19.2 Å². The summed E-state index contributed by atoms with van der Waals surface area (Å²) in [6.45, 7) is 1.29. The number of phenolic OH excluding ortho intramolecular Hbond substituents is 1. The number of carboxylic acid groups (broad SMARTS) is 1. The van der Waals surface area contributed by atoms with Crippen LogP contribution in [-0.2, 0) is 13.1 Å². The molecule has 0 aliphatic carbocycles. The van der Waals surface area contributed by atoms with Crippen LogP contribution >= 0.6 is 11.6 Å². The molecule has 4 nitrogen and oxygen atoms in total. The molecule has 2 N–H and O–H groups in total. The summed E-state index contributed by atoms with van der Waals surface area (Å²) < 4.78 is 0.